The van der Waals surface area contributed by atoms with Crippen molar-refractivity contribution in [3.8, 4) is 11.1 Å². The molecule has 1 aliphatic heterocycles. The summed E-state index contributed by atoms with van der Waals surface area (Å²) in [7, 11) is 2.04. The van der Waals surface area contributed by atoms with E-state index in [0.717, 1.165) is 13.1 Å². The lowest BCUT2D eigenvalue weighted by molar-refractivity contribution is 0.0919. The van der Waals surface area contributed by atoms with E-state index in [-0.39, 0.29) is 11.4 Å². The molecule has 1 amide bonds. The van der Waals surface area contributed by atoms with Crippen molar-refractivity contribution < 1.29 is 4.79 Å². The number of amides is 1. The quantitative estimate of drug-likeness (QED) is 0.581. The molecule has 180 valence electrons. The third-order valence-electron chi connectivity index (χ3n) is 6.34. The third kappa shape index (κ3) is 5.65. The molecule has 1 aliphatic rings. The molecule has 1 saturated heterocycles. The minimum absolute atomic E-state index is 0.103. The van der Waals surface area contributed by atoms with Crippen LogP contribution in [0.15, 0.2) is 49.1 Å². The van der Waals surface area contributed by atoms with Crippen LogP contribution < -0.4 is 15.5 Å². The number of benzene rings is 1. The molecule has 2 N–H and O–H groups in total. The number of piperidine rings is 1. The average molecular weight is 461 g/mol. The minimum Gasteiger partial charge on any atom is -0.368 e. The lowest BCUT2D eigenvalue weighted by atomic mass is 9.97. The summed E-state index contributed by atoms with van der Waals surface area (Å²) in [4.78, 5) is 19.3. The SMILES string of the molecule is CNC1CCCN(c2cnccc2-c2ccc(Cn3cc(C(=O)NC(C)(C)C)cn3)c(C)c2)C1. The van der Waals surface area contributed by atoms with Crippen LogP contribution in [0.5, 0.6) is 0 Å². The average Bonchev–Trinajstić information content (AvgIpc) is 3.28. The van der Waals surface area contributed by atoms with Crippen LogP contribution in [0.1, 0.15) is 55.1 Å². The maximum absolute atomic E-state index is 12.4. The van der Waals surface area contributed by atoms with Gasteiger partial charge in [0, 0.05) is 42.6 Å². The van der Waals surface area contributed by atoms with E-state index in [0.29, 0.717) is 18.2 Å². The zero-order valence-electron chi connectivity index (χ0n) is 20.9. The largest absolute Gasteiger partial charge is 0.368 e. The van der Waals surface area contributed by atoms with Crippen LogP contribution >= 0.6 is 0 Å². The number of hydrogen-bond acceptors (Lipinski definition) is 5. The van der Waals surface area contributed by atoms with E-state index >= 15 is 0 Å². The first-order valence-electron chi connectivity index (χ1n) is 12.0. The number of aromatic nitrogens is 3. The molecule has 3 heterocycles. The molecule has 0 aliphatic carbocycles. The molecule has 0 bridgehead atoms. The Morgan fingerprint density at radius 1 is 1.21 bits per heavy atom. The molecule has 3 aromatic rings. The Hall–Kier alpha value is -3.19. The van der Waals surface area contributed by atoms with Gasteiger partial charge in [0.25, 0.3) is 5.91 Å². The van der Waals surface area contributed by atoms with Crippen LogP contribution in [-0.2, 0) is 6.54 Å². The zero-order chi connectivity index (χ0) is 24.3. The highest BCUT2D eigenvalue weighted by atomic mass is 16.1. The van der Waals surface area contributed by atoms with Crippen molar-refractivity contribution in [2.75, 3.05) is 25.0 Å². The van der Waals surface area contributed by atoms with E-state index in [4.69, 9.17) is 0 Å². The molecule has 0 radical (unpaired) electrons. The molecule has 1 aromatic carbocycles. The van der Waals surface area contributed by atoms with Crippen LogP contribution in [0.25, 0.3) is 11.1 Å². The molecule has 0 saturated carbocycles. The number of likely N-dealkylation sites (N-methyl/N-ethyl adjacent to an activating group) is 1. The second kappa shape index (κ2) is 9.97. The van der Waals surface area contributed by atoms with Gasteiger partial charge in [0.1, 0.15) is 0 Å². The summed E-state index contributed by atoms with van der Waals surface area (Å²) in [6.45, 7) is 10.7. The first-order chi connectivity index (χ1) is 16.2. The molecule has 1 fully saturated rings. The highest BCUT2D eigenvalue weighted by molar-refractivity contribution is 5.94. The molecule has 0 spiro atoms. The summed E-state index contributed by atoms with van der Waals surface area (Å²) in [5.41, 5.74) is 6.27. The maximum Gasteiger partial charge on any atom is 0.254 e. The molecule has 7 nitrogen and oxygen atoms in total. The molecule has 2 aromatic heterocycles. The smallest absolute Gasteiger partial charge is 0.254 e. The summed E-state index contributed by atoms with van der Waals surface area (Å²) in [5.74, 6) is -0.103. The Balaban J connectivity index is 1.52. The summed E-state index contributed by atoms with van der Waals surface area (Å²) in [6.07, 6.45) is 9.69. The van der Waals surface area contributed by atoms with Gasteiger partial charge in [0.2, 0.25) is 0 Å². The zero-order valence-corrected chi connectivity index (χ0v) is 20.9. The van der Waals surface area contributed by atoms with Crippen molar-refractivity contribution in [3.05, 3.63) is 65.7 Å². The number of nitrogens with one attached hydrogen (secondary N) is 2. The van der Waals surface area contributed by atoms with E-state index < -0.39 is 0 Å². The van der Waals surface area contributed by atoms with Gasteiger partial charge in [0.05, 0.1) is 30.2 Å². The highest BCUT2D eigenvalue weighted by Gasteiger charge is 2.21. The van der Waals surface area contributed by atoms with Crippen LogP contribution in [0.4, 0.5) is 5.69 Å². The molecular formula is C27H36N6O. The second-order valence-electron chi connectivity index (χ2n) is 10.2. The number of aryl methyl sites for hydroxylation is 1. The van der Waals surface area contributed by atoms with Crippen LogP contribution in [0.2, 0.25) is 0 Å². The predicted octanol–water partition coefficient (Wildman–Crippen LogP) is 4.02. The standard InChI is InChI=1S/C27H36N6O/c1-19-13-20(24-10-11-29-15-25(24)32-12-6-7-23(18-32)28-5)8-9-21(19)16-33-17-22(14-30-33)26(34)31-27(2,3)4/h8-11,13-15,17,23,28H,6-7,12,16,18H2,1-5H3,(H,31,34). The first kappa shape index (κ1) is 24.0. The normalized spacial score (nSPS) is 16.5. The number of carbonyl (C=O) groups excluding carboxylic acids is 1. The van der Waals surface area contributed by atoms with E-state index in [1.807, 2.05) is 51.1 Å². The molecule has 7 heteroatoms. The van der Waals surface area contributed by atoms with Crippen molar-refractivity contribution in [2.45, 2.75) is 58.7 Å². The molecule has 1 unspecified atom stereocenters. The Morgan fingerprint density at radius 2 is 2.03 bits per heavy atom. The van der Waals surface area contributed by atoms with Crippen molar-refractivity contribution in [1.29, 1.82) is 0 Å². The van der Waals surface area contributed by atoms with Crippen LogP contribution in [-0.4, -0.2) is 52.4 Å². The fourth-order valence-electron chi connectivity index (χ4n) is 4.51. The van der Waals surface area contributed by atoms with Gasteiger partial charge < -0.3 is 15.5 Å². The van der Waals surface area contributed by atoms with Gasteiger partial charge in [-0.25, -0.2) is 0 Å². The van der Waals surface area contributed by atoms with Gasteiger partial charge in [-0.05, 0) is 70.3 Å². The lowest BCUT2D eigenvalue weighted by Crippen LogP contribution is -2.44. The summed E-state index contributed by atoms with van der Waals surface area (Å²) in [5, 5.41) is 10.8. The highest BCUT2D eigenvalue weighted by Crippen LogP contribution is 2.33. The van der Waals surface area contributed by atoms with Gasteiger partial charge in [-0.1, -0.05) is 18.2 Å². The monoisotopic (exact) mass is 460 g/mol. The number of nitrogens with zero attached hydrogens (tertiary/aromatic N) is 4. The Labute approximate surface area is 202 Å². The second-order valence-corrected chi connectivity index (χ2v) is 10.2. The summed E-state index contributed by atoms with van der Waals surface area (Å²) >= 11 is 0. The molecule has 4 rings (SSSR count). The van der Waals surface area contributed by atoms with E-state index in [1.54, 1.807) is 6.20 Å². The van der Waals surface area contributed by atoms with Gasteiger partial charge in [-0.3, -0.25) is 14.5 Å². The van der Waals surface area contributed by atoms with Crippen LogP contribution in [0.3, 0.4) is 0 Å². The summed E-state index contributed by atoms with van der Waals surface area (Å²) < 4.78 is 1.82. The molecule has 34 heavy (non-hydrogen) atoms. The van der Waals surface area contributed by atoms with Gasteiger partial charge >= 0.3 is 0 Å². The van der Waals surface area contributed by atoms with E-state index in [2.05, 4.69) is 56.8 Å². The topological polar surface area (TPSA) is 75.1 Å². The number of carbonyl (C=O) groups is 1. The van der Waals surface area contributed by atoms with E-state index in [9.17, 15) is 4.79 Å². The fourth-order valence-corrected chi connectivity index (χ4v) is 4.51. The third-order valence-corrected chi connectivity index (χ3v) is 6.34. The van der Waals surface area contributed by atoms with Crippen molar-refractivity contribution >= 4 is 11.6 Å². The van der Waals surface area contributed by atoms with Crippen molar-refractivity contribution in [1.82, 2.24) is 25.4 Å². The predicted molar refractivity (Wildman–Crippen MR) is 137 cm³/mol. The Kier molecular flexibility index (Phi) is 7.03. The number of anilines is 1. The van der Waals surface area contributed by atoms with E-state index in [1.165, 1.54) is 40.8 Å². The Bertz CT molecular complexity index is 1150. The number of rotatable bonds is 6. The summed E-state index contributed by atoms with van der Waals surface area (Å²) in [6, 6.07) is 9.20. The Morgan fingerprint density at radius 3 is 2.76 bits per heavy atom. The molecular weight excluding hydrogens is 424 g/mol. The minimum atomic E-state index is -0.278. The number of pyridine rings is 1. The first-order valence-corrected chi connectivity index (χ1v) is 12.0. The van der Waals surface area contributed by atoms with Crippen LogP contribution in [0, 0.1) is 6.92 Å². The van der Waals surface area contributed by atoms with Gasteiger partial charge in [0.15, 0.2) is 0 Å². The maximum atomic E-state index is 12.4. The molecule has 1 atom stereocenters. The fraction of sp³-hybridized carbons (Fsp3) is 0.444. The van der Waals surface area contributed by atoms with Gasteiger partial charge in [-0.2, -0.15) is 5.10 Å². The lowest BCUT2D eigenvalue weighted by Gasteiger charge is -2.35. The van der Waals surface area contributed by atoms with Gasteiger partial charge in [-0.15, -0.1) is 0 Å². The van der Waals surface area contributed by atoms with Crippen molar-refractivity contribution in [2.24, 2.45) is 0 Å². The number of hydrogen-bond donors (Lipinski definition) is 2. The van der Waals surface area contributed by atoms with Crippen molar-refractivity contribution in [3.63, 3.8) is 0 Å².